The molecular formula is C12H19N3O3. The third-order valence-electron chi connectivity index (χ3n) is 2.71. The third kappa shape index (κ3) is 3.59. The quantitative estimate of drug-likeness (QED) is 0.454. The molecule has 0 aliphatic carbocycles. The van der Waals surface area contributed by atoms with Crippen LogP contribution in [-0.4, -0.2) is 39.2 Å². The van der Waals surface area contributed by atoms with E-state index in [1.54, 1.807) is 19.2 Å². The second kappa shape index (κ2) is 6.80. The number of hydrogen-bond donors (Lipinski definition) is 1. The molecule has 6 heteroatoms. The van der Waals surface area contributed by atoms with E-state index in [-0.39, 0.29) is 10.6 Å². The van der Waals surface area contributed by atoms with Gasteiger partial charge in [0.25, 0.3) is 5.69 Å². The molecule has 0 atom stereocenters. The van der Waals surface area contributed by atoms with Gasteiger partial charge in [0.15, 0.2) is 0 Å². The number of benzene rings is 1. The summed E-state index contributed by atoms with van der Waals surface area (Å²) in [5.74, 6) is 0.621. The van der Waals surface area contributed by atoms with Crippen molar-refractivity contribution >= 4 is 11.4 Å². The highest BCUT2D eigenvalue weighted by atomic mass is 16.6. The van der Waals surface area contributed by atoms with Gasteiger partial charge >= 0.3 is 0 Å². The minimum atomic E-state index is -0.372. The first-order valence-corrected chi connectivity index (χ1v) is 5.78. The Kier molecular flexibility index (Phi) is 5.38. The van der Waals surface area contributed by atoms with Gasteiger partial charge in [0, 0.05) is 25.7 Å². The van der Waals surface area contributed by atoms with E-state index in [1.807, 2.05) is 19.0 Å². The first-order chi connectivity index (χ1) is 8.60. The lowest BCUT2D eigenvalue weighted by Gasteiger charge is -2.19. The Morgan fingerprint density at radius 3 is 2.78 bits per heavy atom. The lowest BCUT2D eigenvalue weighted by molar-refractivity contribution is -0.384. The Hall–Kier alpha value is -1.82. The van der Waals surface area contributed by atoms with Crippen LogP contribution in [0, 0.1) is 10.1 Å². The third-order valence-corrected chi connectivity index (χ3v) is 2.71. The van der Waals surface area contributed by atoms with Gasteiger partial charge in [0.2, 0.25) is 0 Å². The number of rotatable bonds is 7. The van der Waals surface area contributed by atoms with Crippen molar-refractivity contribution in [3.63, 3.8) is 0 Å². The zero-order valence-electron chi connectivity index (χ0n) is 11.0. The van der Waals surface area contributed by atoms with Gasteiger partial charge in [-0.3, -0.25) is 10.1 Å². The minimum Gasteiger partial charge on any atom is -0.497 e. The van der Waals surface area contributed by atoms with Crippen molar-refractivity contribution in [1.29, 1.82) is 0 Å². The van der Waals surface area contributed by atoms with E-state index in [0.29, 0.717) is 11.4 Å². The Morgan fingerprint density at radius 2 is 2.22 bits per heavy atom. The van der Waals surface area contributed by atoms with Crippen molar-refractivity contribution < 1.29 is 9.66 Å². The van der Waals surface area contributed by atoms with E-state index in [2.05, 4.69) is 5.32 Å². The maximum atomic E-state index is 11.0. The number of hydrogen-bond acceptors (Lipinski definition) is 5. The smallest absolute Gasteiger partial charge is 0.292 e. The monoisotopic (exact) mass is 253 g/mol. The van der Waals surface area contributed by atoms with Crippen LogP contribution in [0.3, 0.4) is 0 Å². The van der Waals surface area contributed by atoms with Crippen LogP contribution in [-0.2, 0) is 0 Å². The average Bonchev–Trinajstić information content (AvgIpc) is 2.38. The van der Waals surface area contributed by atoms with Gasteiger partial charge in [-0.2, -0.15) is 0 Å². The summed E-state index contributed by atoms with van der Waals surface area (Å²) >= 11 is 0. The molecule has 0 unspecified atom stereocenters. The number of nitrogens with zero attached hydrogens (tertiary/aromatic N) is 2. The van der Waals surface area contributed by atoms with Gasteiger partial charge in [-0.05, 0) is 26.1 Å². The van der Waals surface area contributed by atoms with E-state index < -0.39 is 0 Å². The fourth-order valence-electron chi connectivity index (χ4n) is 1.70. The summed E-state index contributed by atoms with van der Waals surface area (Å²) in [5.41, 5.74) is 0.679. The molecule has 0 bridgehead atoms. The average molecular weight is 253 g/mol. The van der Waals surface area contributed by atoms with Crippen molar-refractivity contribution in [2.24, 2.45) is 0 Å². The van der Waals surface area contributed by atoms with Crippen LogP contribution in [0.5, 0.6) is 5.75 Å². The number of anilines is 1. The minimum absolute atomic E-state index is 0.0998. The van der Waals surface area contributed by atoms with Gasteiger partial charge in [0.05, 0.1) is 12.0 Å². The molecule has 0 saturated carbocycles. The highest BCUT2D eigenvalue weighted by Crippen LogP contribution is 2.31. The Balaban J connectivity index is 2.92. The molecule has 1 aromatic rings. The SMILES string of the molecule is CNCCCN(C)c1cc(OC)ccc1[N+](=O)[O-]. The van der Waals surface area contributed by atoms with Crippen LogP contribution in [0.25, 0.3) is 0 Å². The van der Waals surface area contributed by atoms with Gasteiger partial charge in [-0.25, -0.2) is 0 Å². The fourth-order valence-corrected chi connectivity index (χ4v) is 1.70. The van der Waals surface area contributed by atoms with Crippen molar-refractivity contribution in [3.8, 4) is 5.75 Å². The molecule has 6 nitrogen and oxygen atoms in total. The second-order valence-electron chi connectivity index (χ2n) is 3.99. The molecule has 0 spiro atoms. The highest BCUT2D eigenvalue weighted by Gasteiger charge is 2.17. The summed E-state index contributed by atoms with van der Waals surface area (Å²) in [6, 6.07) is 4.77. The molecule has 1 aromatic carbocycles. The zero-order chi connectivity index (χ0) is 13.5. The van der Waals surface area contributed by atoms with Crippen molar-refractivity contribution in [1.82, 2.24) is 5.32 Å². The van der Waals surface area contributed by atoms with E-state index in [1.165, 1.54) is 6.07 Å². The summed E-state index contributed by atoms with van der Waals surface area (Å²) in [6.45, 7) is 1.62. The van der Waals surface area contributed by atoms with Crippen LogP contribution in [0.2, 0.25) is 0 Å². The van der Waals surface area contributed by atoms with Gasteiger partial charge < -0.3 is 15.0 Å². The zero-order valence-corrected chi connectivity index (χ0v) is 11.0. The lowest BCUT2D eigenvalue weighted by Crippen LogP contribution is -2.23. The number of nitro benzene ring substituents is 1. The molecule has 0 amide bonds. The van der Waals surface area contributed by atoms with Crippen LogP contribution in [0.1, 0.15) is 6.42 Å². The molecule has 0 heterocycles. The molecule has 100 valence electrons. The largest absolute Gasteiger partial charge is 0.497 e. The van der Waals surface area contributed by atoms with E-state index in [0.717, 1.165) is 19.5 Å². The fraction of sp³-hybridized carbons (Fsp3) is 0.500. The van der Waals surface area contributed by atoms with Crippen molar-refractivity contribution in [2.75, 3.05) is 39.2 Å². The molecular weight excluding hydrogens is 234 g/mol. The molecule has 1 rings (SSSR count). The predicted molar refractivity (Wildman–Crippen MR) is 71.5 cm³/mol. The predicted octanol–water partition coefficient (Wildman–Crippen LogP) is 1.65. The maximum Gasteiger partial charge on any atom is 0.292 e. The Morgan fingerprint density at radius 1 is 1.50 bits per heavy atom. The summed E-state index contributed by atoms with van der Waals surface area (Å²) in [5, 5.41) is 14.0. The van der Waals surface area contributed by atoms with Crippen LogP contribution in [0.15, 0.2) is 18.2 Å². The maximum absolute atomic E-state index is 11.0. The number of nitrogens with one attached hydrogen (secondary N) is 1. The number of nitro groups is 1. The number of ether oxygens (including phenoxy) is 1. The number of methoxy groups -OCH3 is 1. The Labute approximate surface area is 107 Å². The summed E-state index contributed by atoms with van der Waals surface area (Å²) in [7, 11) is 5.28. The van der Waals surface area contributed by atoms with Crippen LogP contribution < -0.4 is 15.0 Å². The second-order valence-corrected chi connectivity index (χ2v) is 3.99. The molecule has 0 radical (unpaired) electrons. The molecule has 0 aliphatic heterocycles. The summed E-state index contributed by atoms with van der Waals surface area (Å²) in [4.78, 5) is 12.5. The van der Waals surface area contributed by atoms with Gasteiger partial charge in [-0.1, -0.05) is 0 Å². The first kappa shape index (κ1) is 14.2. The van der Waals surface area contributed by atoms with E-state index in [9.17, 15) is 10.1 Å². The molecule has 1 N–H and O–H groups in total. The van der Waals surface area contributed by atoms with Gasteiger partial charge in [0.1, 0.15) is 11.4 Å². The van der Waals surface area contributed by atoms with Gasteiger partial charge in [-0.15, -0.1) is 0 Å². The summed E-state index contributed by atoms with van der Waals surface area (Å²) < 4.78 is 5.10. The summed E-state index contributed by atoms with van der Waals surface area (Å²) in [6.07, 6.45) is 0.918. The topological polar surface area (TPSA) is 67.6 Å². The van der Waals surface area contributed by atoms with E-state index in [4.69, 9.17) is 4.74 Å². The van der Waals surface area contributed by atoms with Crippen molar-refractivity contribution in [3.05, 3.63) is 28.3 Å². The lowest BCUT2D eigenvalue weighted by atomic mass is 10.2. The normalized spacial score (nSPS) is 10.2. The molecule has 0 aromatic heterocycles. The van der Waals surface area contributed by atoms with Crippen LogP contribution in [0.4, 0.5) is 11.4 Å². The standard InChI is InChI=1S/C12H19N3O3/c1-13-7-4-8-14(2)12-9-10(18-3)5-6-11(12)15(16)17/h5-6,9,13H,4,7-8H2,1-3H3. The highest BCUT2D eigenvalue weighted by molar-refractivity contribution is 5.65. The molecule has 0 saturated heterocycles. The molecule has 18 heavy (non-hydrogen) atoms. The van der Waals surface area contributed by atoms with Crippen molar-refractivity contribution in [2.45, 2.75) is 6.42 Å². The first-order valence-electron chi connectivity index (χ1n) is 5.78. The van der Waals surface area contributed by atoms with Crippen LogP contribution >= 0.6 is 0 Å². The molecule has 0 fully saturated rings. The molecule has 0 aliphatic rings. The Bertz CT molecular complexity index is 410. The van der Waals surface area contributed by atoms with E-state index >= 15 is 0 Å².